The zero-order valence-corrected chi connectivity index (χ0v) is 13.0. The lowest BCUT2D eigenvalue weighted by Gasteiger charge is -2.42. The molecule has 112 valence electrons. The standard InChI is InChI=1S/C18H25N3/c1-18(2)8-4-10-21(13-18)17(12-19)15-6-7-16-14(11-15)5-3-9-20-16/h3,5-7,9,11,17H,4,8,10,12-13,19H2,1-2H3. The third-order valence-corrected chi connectivity index (χ3v) is 4.61. The van der Waals surface area contributed by atoms with Gasteiger partial charge in [-0.25, -0.2) is 0 Å². The minimum atomic E-state index is 0.314. The van der Waals surface area contributed by atoms with Gasteiger partial charge in [0.05, 0.1) is 5.52 Å². The molecule has 1 aromatic carbocycles. The molecule has 0 amide bonds. The maximum atomic E-state index is 6.11. The Hall–Kier alpha value is -1.45. The average Bonchev–Trinajstić information content (AvgIpc) is 2.47. The van der Waals surface area contributed by atoms with Gasteiger partial charge in [0.25, 0.3) is 0 Å². The molecule has 0 spiro atoms. The van der Waals surface area contributed by atoms with Crippen LogP contribution in [0.2, 0.25) is 0 Å². The van der Waals surface area contributed by atoms with E-state index in [-0.39, 0.29) is 0 Å². The van der Waals surface area contributed by atoms with Gasteiger partial charge in [0.1, 0.15) is 0 Å². The van der Waals surface area contributed by atoms with E-state index in [1.54, 1.807) is 0 Å². The summed E-state index contributed by atoms with van der Waals surface area (Å²) in [5.74, 6) is 0. The van der Waals surface area contributed by atoms with Crippen molar-refractivity contribution in [1.29, 1.82) is 0 Å². The van der Waals surface area contributed by atoms with E-state index >= 15 is 0 Å². The van der Waals surface area contributed by atoms with Crippen molar-refractivity contribution >= 4 is 10.9 Å². The van der Waals surface area contributed by atoms with Crippen molar-refractivity contribution in [3.63, 3.8) is 0 Å². The second kappa shape index (κ2) is 5.74. The number of nitrogens with zero attached hydrogens (tertiary/aromatic N) is 2. The Labute approximate surface area is 127 Å². The molecule has 1 saturated heterocycles. The van der Waals surface area contributed by atoms with Gasteiger partial charge < -0.3 is 5.73 Å². The predicted octanol–water partition coefficient (Wildman–Crippen LogP) is 3.36. The number of hydrogen-bond acceptors (Lipinski definition) is 3. The molecule has 2 heterocycles. The van der Waals surface area contributed by atoms with Crippen LogP contribution >= 0.6 is 0 Å². The van der Waals surface area contributed by atoms with E-state index in [2.05, 4.69) is 48.0 Å². The molecular formula is C18H25N3. The van der Waals surface area contributed by atoms with Crippen LogP contribution in [0.3, 0.4) is 0 Å². The number of hydrogen-bond donors (Lipinski definition) is 1. The number of fused-ring (bicyclic) bond motifs is 1. The van der Waals surface area contributed by atoms with Crippen molar-refractivity contribution in [1.82, 2.24) is 9.88 Å². The highest BCUT2D eigenvalue weighted by Crippen LogP contribution is 2.33. The molecular weight excluding hydrogens is 258 g/mol. The molecule has 1 atom stereocenters. The van der Waals surface area contributed by atoms with Gasteiger partial charge in [-0.15, -0.1) is 0 Å². The number of benzene rings is 1. The monoisotopic (exact) mass is 283 g/mol. The Morgan fingerprint density at radius 3 is 2.95 bits per heavy atom. The highest BCUT2D eigenvalue weighted by atomic mass is 15.2. The topological polar surface area (TPSA) is 42.1 Å². The fourth-order valence-electron chi connectivity index (χ4n) is 3.53. The van der Waals surface area contributed by atoms with Gasteiger partial charge >= 0.3 is 0 Å². The zero-order chi connectivity index (χ0) is 14.9. The van der Waals surface area contributed by atoms with E-state index in [1.165, 1.54) is 23.8 Å². The molecule has 3 rings (SSSR count). The van der Waals surface area contributed by atoms with Crippen LogP contribution in [0.5, 0.6) is 0 Å². The first-order chi connectivity index (χ1) is 10.1. The number of aromatic nitrogens is 1. The molecule has 3 heteroatoms. The van der Waals surface area contributed by atoms with Crippen molar-refractivity contribution < 1.29 is 0 Å². The molecule has 2 aromatic rings. The third kappa shape index (κ3) is 3.09. The Balaban J connectivity index is 1.90. The molecule has 2 N–H and O–H groups in total. The van der Waals surface area contributed by atoms with E-state index in [9.17, 15) is 0 Å². The maximum absolute atomic E-state index is 6.11. The second-order valence-corrected chi connectivity index (χ2v) is 6.95. The van der Waals surface area contributed by atoms with Gasteiger partial charge in [0.2, 0.25) is 0 Å². The number of likely N-dealkylation sites (tertiary alicyclic amines) is 1. The Kier molecular flexibility index (Phi) is 3.96. The molecule has 0 saturated carbocycles. The summed E-state index contributed by atoms with van der Waals surface area (Å²) in [5.41, 5.74) is 8.87. The molecule has 3 nitrogen and oxygen atoms in total. The first-order valence-corrected chi connectivity index (χ1v) is 7.88. The van der Waals surface area contributed by atoms with Crippen molar-refractivity contribution in [3.8, 4) is 0 Å². The number of rotatable bonds is 3. The van der Waals surface area contributed by atoms with E-state index < -0.39 is 0 Å². The van der Waals surface area contributed by atoms with Crippen molar-refractivity contribution in [2.24, 2.45) is 11.1 Å². The number of pyridine rings is 1. The Morgan fingerprint density at radius 2 is 2.19 bits per heavy atom. The van der Waals surface area contributed by atoms with Crippen LogP contribution in [0.15, 0.2) is 36.5 Å². The van der Waals surface area contributed by atoms with Crippen LogP contribution < -0.4 is 5.73 Å². The highest BCUT2D eigenvalue weighted by Gasteiger charge is 2.30. The van der Waals surface area contributed by atoms with E-state index in [0.29, 0.717) is 18.0 Å². The summed E-state index contributed by atoms with van der Waals surface area (Å²) in [6.45, 7) is 7.66. The minimum Gasteiger partial charge on any atom is -0.329 e. The summed E-state index contributed by atoms with van der Waals surface area (Å²) >= 11 is 0. The molecule has 1 fully saturated rings. The fraction of sp³-hybridized carbons (Fsp3) is 0.500. The summed E-state index contributed by atoms with van der Waals surface area (Å²) in [6.07, 6.45) is 4.41. The molecule has 1 aliphatic heterocycles. The molecule has 21 heavy (non-hydrogen) atoms. The number of piperidine rings is 1. The van der Waals surface area contributed by atoms with Crippen molar-refractivity contribution in [3.05, 3.63) is 42.1 Å². The molecule has 0 aliphatic carbocycles. The van der Waals surface area contributed by atoms with Crippen LogP contribution in [0.4, 0.5) is 0 Å². The van der Waals surface area contributed by atoms with Gasteiger partial charge in [-0.3, -0.25) is 9.88 Å². The molecule has 0 radical (unpaired) electrons. The lowest BCUT2D eigenvalue weighted by atomic mass is 9.83. The van der Waals surface area contributed by atoms with Gasteiger partial charge in [0, 0.05) is 30.7 Å². The van der Waals surface area contributed by atoms with Gasteiger partial charge in [-0.05, 0) is 48.6 Å². The van der Waals surface area contributed by atoms with Crippen LogP contribution in [0.25, 0.3) is 10.9 Å². The van der Waals surface area contributed by atoms with Crippen LogP contribution in [0, 0.1) is 5.41 Å². The van der Waals surface area contributed by atoms with Crippen LogP contribution in [-0.2, 0) is 0 Å². The number of nitrogens with two attached hydrogens (primary N) is 1. The Bertz CT molecular complexity index is 621. The molecule has 1 aromatic heterocycles. The van der Waals surface area contributed by atoms with Gasteiger partial charge in [-0.1, -0.05) is 26.0 Å². The van der Waals surface area contributed by atoms with Crippen molar-refractivity contribution in [2.45, 2.75) is 32.7 Å². The molecule has 1 unspecified atom stereocenters. The van der Waals surface area contributed by atoms with Gasteiger partial charge in [-0.2, -0.15) is 0 Å². The third-order valence-electron chi connectivity index (χ3n) is 4.61. The maximum Gasteiger partial charge on any atom is 0.0702 e. The SMILES string of the molecule is CC1(C)CCCN(C(CN)c2ccc3ncccc3c2)C1. The average molecular weight is 283 g/mol. The smallest absolute Gasteiger partial charge is 0.0702 e. The predicted molar refractivity (Wildman–Crippen MR) is 88.1 cm³/mol. The largest absolute Gasteiger partial charge is 0.329 e. The molecule has 0 bridgehead atoms. The quantitative estimate of drug-likeness (QED) is 0.939. The summed E-state index contributed by atoms with van der Waals surface area (Å²) in [5, 5.41) is 1.20. The zero-order valence-electron chi connectivity index (χ0n) is 13.0. The van der Waals surface area contributed by atoms with Crippen LogP contribution in [0.1, 0.15) is 38.3 Å². The normalized spacial score (nSPS) is 20.5. The lowest BCUT2D eigenvalue weighted by molar-refractivity contribution is 0.0807. The second-order valence-electron chi connectivity index (χ2n) is 6.95. The fourth-order valence-corrected chi connectivity index (χ4v) is 3.53. The van der Waals surface area contributed by atoms with E-state index in [1.807, 2.05) is 12.3 Å². The summed E-state index contributed by atoms with van der Waals surface area (Å²) in [4.78, 5) is 6.95. The summed E-state index contributed by atoms with van der Waals surface area (Å²) in [6, 6.07) is 11.0. The lowest BCUT2D eigenvalue weighted by Crippen LogP contribution is -2.44. The summed E-state index contributed by atoms with van der Waals surface area (Å²) < 4.78 is 0. The first-order valence-electron chi connectivity index (χ1n) is 7.88. The van der Waals surface area contributed by atoms with E-state index in [4.69, 9.17) is 5.73 Å². The van der Waals surface area contributed by atoms with Crippen LogP contribution in [-0.4, -0.2) is 29.5 Å². The molecule has 1 aliphatic rings. The minimum absolute atomic E-state index is 0.314. The van der Waals surface area contributed by atoms with Gasteiger partial charge in [0.15, 0.2) is 0 Å². The Morgan fingerprint density at radius 1 is 1.33 bits per heavy atom. The highest BCUT2D eigenvalue weighted by molar-refractivity contribution is 5.79. The van der Waals surface area contributed by atoms with E-state index in [0.717, 1.165) is 18.6 Å². The summed E-state index contributed by atoms with van der Waals surface area (Å²) in [7, 11) is 0. The van der Waals surface area contributed by atoms with Crippen molar-refractivity contribution in [2.75, 3.05) is 19.6 Å². The first kappa shape index (κ1) is 14.5.